The predicted molar refractivity (Wildman–Crippen MR) is 66.0 cm³/mol. The molecule has 1 amide bonds. The quantitative estimate of drug-likeness (QED) is 0.862. The Kier molecular flexibility index (Phi) is 5.65. The summed E-state index contributed by atoms with van der Waals surface area (Å²) in [6.07, 6.45) is 3.87. The lowest BCUT2D eigenvalue weighted by molar-refractivity contribution is -0.116. The zero-order valence-corrected chi connectivity index (χ0v) is 10.4. The number of rotatable bonds is 4. The topological polar surface area (TPSA) is 66.9 Å². The molecule has 0 aromatic carbocycles. The first-order chi connectivity index (χ1) is 7.34. The second kappa shape index (κ2) is 6.78. The first kappa shape index (κ1) is 13.3. The Bertz CT molecular complexity index is 313. The van der Waals surface area contributed by atoms with Crippen molar-refractivity contribution in [2.45, 2.75) is 31.7 Å². The van der Waals surface area contributed by atoms with Gasteiger partial charge in [-0.05, 0) is 25.8 Å². The molecular weight excluding hydrogens is 248 g/mol. The van der Waals surface area contributed by atoms with Gasteiger partial charge in [0.25, 0.3) is 0 Å². The van der Waals surface area contributed by atoms with Crippen molar-refractivity contribution in [3.63, 3.8) is 0 Å². The molecule has 16 heavy (non-hydrogen) atoms. The molecule has 1 unspecified atom stereocenters. The van der Waals surface area contributed by atoms with Gasteiger partial charge in [0.2, 0.25) is 11.0 Å². The molecule has 2 N–H and O–H groups in total. The average Bonchev–Trinajstić information content (AvgIpc) is 2.86. The van der Waals surface area contributed by atoms with Crippen LogP contribution in [0.5, 0.6) is 0 Å². The van der Waals surface area contributed by atoms with Crippen LogP contribution < -0.4 is 10.6 Å². The first-order valence-corrected chi connectivity index (χ1v) is 6.02. The summed E-state index contributed by atoms with van der Waals surface area (Å²) < 4.78 is 0. The molecule has 1 saturated heterocycles. The lowest BCUT2D eigenvalue weighted by atomic mass is 10.1. The Morgan fingerprint density at radius 1 is 1.69 bits per heavy atom. The SMILES string of the molecule is Cl.O=C(CCC1CCCN1)Nc1nncs1. The largest absolute Gasteiger partial charge is 0.314 e. The molecular formula is C9H15ClN4OS. The van der Waals surface area contributed by atoms with Crippen LogP contribution in [-0.2, 0) is 4.79 Å². The van der Waals surface area contributed by atoms with E-state index >= 15 is 0 Å². The van der Waals surface area contributed by atoms with Crippen molar-refractivity contribution in [2.24, 2.45) is 0 Å². The summed E-state index contributed by atoms with van der Waals surface area (Å²) in [5, 5.41) is 14.1. The highest BCUT2D eigenvalue weighted by atomic mass is 35.5. The summed E-state index contributed by atoms with van der Waals surface area (Å²) in [6, 6.07) is 0.519. The fraction of sp³-hybridized carbons (Fsp3) is 0.667. The molecule has 2 heterocycles. The van der Waals surface area contributed by atoms with Crippen LogP contribution >= 0.6 is 23.7 Å². The van der Waals surface area contributed by atoms with Crippen molar-refractivity contribution >= 4 is 34.8 Å². The Labute approximate surface area is 104 Å². The van der Waals surface area contributed by atoms with Crippen molar-refractivity contribution in [2.75, 3.05) is 11.9 Å². The fourth-order valence-electron chi connectivity index (χ4n) is 1.72. The summed E-state index contributed by atoms with van der Waals surface area (Å²) in [4.78, 5) is 11.5. The fourth-order valence-corrected chi connectivity index (χ4v) is 2.18. The van der Waals surface area contributed by atoms with E-state index in [4.69, 9.17) is 0 Å². The van der Waals surface area contributed by atoms with Crippen LogP contribution in [0, 0.1) is 0 Å². The van der Waals surface area contributed by atoms with E-state index in [-0.39, 0.29) is 18.3 Å². The second-order valence-corrected chi connectivity index (χ2v) is 4.46. The number of amides is 1. The highest BCUT2D eigenvalue weighted by Gasteiger charge is 2.15. The zero-order chi connectivity index (χ0) is 10.5. The number of anilines is 1. The van der Waals surface area contributed by atoms with Crippen LogP contribution in [0.25, 0.3) is 0 Å². The second-order valence-electron chi connectivity index (χ2n) is 3.62. The third kappa shape index (κ3) is 4.03. The summed E-state index contributed by atoms with van der Waals surface area (Å²) in [5.41, 5.74) is 1.61. The van der Waals surface area contributed by atoms with Crippen LogP contribution in [0.2, 0.25) is 0 Å². The molecule has 5 nitrogen and oxygen atoms in total. The highest BCUT2D eigenvalue weighted by Crippen LogP contribution is 2.12. The van der Waals surface area contributed by atoms with Gasteiger partial charge in [-0.15, -0.1) is 22.6 Å². The van der Waals surface area contributed by atoms with Gasteiger partial charge in [0, 0.05) is 12.5 Å². The smallest absolute Gasteiger partial charge is 0.226 e. The van der Waals surface area contributed by atoms with Crippen LogP contribution in [0.15, 0.2) is 5.51 Å². The predicted octanol–water partition coefficient (Wildman–Crippen LogP) is 1.43. The lowest BCUT2D eigenvalue weighted by Gasteiger charge is -2.08. The van der Waals surface area contributed by atoms with Gasteiger partial charge < -0.3 is 10.6 Å². The average molecular weight is 263 g/mol. The van der Waals surface area contributed by atoms with E-state index in [2.05, 4.69) is 20.8 Å². The molecule has 0 bridgehead atoms. The molecule has 7 heteroatoms. The normalized spacial score (nSPS) is 19.1. The lowest BCUT2D eigenvalue weighted by Crippen LogP contribution is -2.23. The molecule has 0 aliphatic carbocycles. The number of halogens is 1. The summed E-state index contributed by atoms with van der Waals surface area (Å²) in [6.45, 7) is 1.09. The maximum atomic E-state index is 11.5. The van der Waals surface area contributed by atoms with Crippen LogP contribution in [-0.4, -0.2) is 28.7 Å². The summed E-state index contributed by atoms with van der Waals surface area (Å²) in [7, 11) is 0. The molecule has 0 radical (unpaired) electrons. The van der Waals surface area contributed by atoms with Gasteiger partial charge >= 0.3 is 0 Å². The van der Waals surface area contributed by atoms with Crippen LogP contribution in [0.3, 0.4) is 0 Å². The molecule has 1 fully saturated rings. The van der Waals surface area contributed by atoms with E-state index < -0.39 is 0 Å². The molecule has 0 spiro atoms. The third-order valence-corrected chi connectivity index (χ3v) is 3.10. The molecule has 90 valence electrons. The van der Waals surface area contributed by atoms with Crippen LogP contribution in [0.4, 0.5) is 5.13 Å². The van der Waals surface area contributed by atoms with Crippen molar-refractivity contribution < 1.29 is 4.79 Å². The molecule has 1 atom stereocenters. The number of hydrogen-bond donors (Lipinski definition) is 2. The molecule has 0 saturated carbocycles. The Balaban J connectivity index is 0.00000128. The van der Waals surface area contributed by atoms with E-state index in [9.17, 15) is 4.79 Å². The number of hydrogen-bond acceptors (Lipinski definition) is 5. The maximum absolute atomic E-state index is 11.5. The highest BCUT2D eigenvalue weighted by molar-refractivity contribution is 7.13. The van der Waals surface area contributed by atoms with Gasteiger partial charge in [0.15, 0.2) is 0 Å². The third-order valence-electron chi connectivity index (χ3n) is 2.49. The molecule has 1 aliphatic rings. The minimum Gasteiger partial charge on any atom is -0.314 e. The van der Waals surface area contributed by atoms with E-state index in [0.29, 0.717) is 17.6 Å². The van der Waals surface area contributed by atoms with Crippen molar-refractivity contribution in [1.29, 1.82) is 0 Å². The van der Waals surface area contributed by atoms with E-state index in [1.165, 1.54) is 24.2 Å². The van der Waals surface area contributed by atoms with E-state index in [0.717, 1.165) is 13.0 Å². The van der Waals surface area contributed by atoms with Gasteiger partial charge in [-0.2, -0.15) is 0 Å². The Morgan fingerprint density at radius 3 is 3.19 bits per heavy atom. The van der Waals surface area contributed by atoms with Gasteiger partial charge in [0.1, 0.15) is 5.51 Å². The van der Waals surface area contributed by atoms with E-state index in [1.54, 1.807) is 5.51 Å². The van der Waals surface area contributed by atoms with Crippen molar-refractivity contribution in [3.8, 4) is 0 Å². The molecule has 1 aromatic heterocycles. The summed E-state index contributed by atoms with van der Waals surface area (Å²) in [5.74, 6) is 0.0282. The zero-order valence-electron chi connectivity index (χ0n) is 8.81. The number of carbonyl (C=O) groups excluding carboxylic acids is 1. The number of nitrogens with one attached hydrogen (secondary N) is 2. The Hall–Kier alpha value is -0.720. The molecule has 2 rings (SSSR count). The van der Waals surface area contributed by atoms with Crippen molar-refractivity contribution in [3.05, 3.63) is 5.51 Å². The molecule has 1 aliphatic heterocycles. The number of carbonyl (C=O) groups is 1. The van der Waals surface area contributed by atoms with Crippen molar-refractivity contribution in [1.82, 2.24) is 15.5 Å². The monoisotopic (exact) mass is 262 g/mol. The maximum Gasteiger partial charge on any atom is 0.226 e. The van der Waals surface area contributed by atoms with Gasteiger partial charge in [0.05, 0.1) is 0 Å². The molecule has 1 aromatic rings. The van der Waals surface area contributed by atoms with Gasteiger partial charge in [-0.1, -0.05) is 11.3 Å². The van der Waals surface area contributed by atoms with Gasteiger partial charge in [-0.25, -0.2) is 0 Å². The number of nitrogens with zero attached hydrogens (tertiary/aromatic N) is 2. The minimum atomic E-state index is 0. The first-order valence-electron chi connectivity index (χ1n) is 5.14. The minimum absolute atomic E-state index is 0. The number of aromatic nitrogens is 2. The standard InChI is InChI=1S/C9H14N4OS.ClH/c14-8(12-9-13-11-6-15-9)4-3-7-2-1-5-10-7;/h6-7,10H,1-5H2,(H,12,13,14);1H. The summed E-state index contributed by atoms with van der Waals surface area (Å²) >= 11 is 1.34. The Morgan fingerprint density at radius 2 is 2.56 bits per heavy atom. The van der Waals surface area contributed by atoms with Gasteiger partial charge in [-0.3, -0.25) is 4.79 Å². The van der Waals surface area contributed by atoms with Crippen LogP contribution in [0.1, 0.15) is 25.7 Å². The van der Waals surface area contributed by atoms with E-state index in [1.807, 2.05) is 0 Å².